The largest absolute Gasteiger partial charge is 0.375 e. The molecule has 1 saturated heterocycles. The van der Waals surface area contributed by atoms with Crippen molar-refractivity contribution in [2.75, 3.05) is 11.9 Å². The number of hydrogen-bond acceptors (Lipinski definition) is 4. The molecule has 1 aromatic heterocycles. The van der Waals surface area contributed by atoms with Gasteiger partial charge in [-0.1, -0.05) is 12.8 Å². The molecule has 4 heteroatoms. The number of aryl methyl sites for hydroxylation is 2. The Labute approximate surface area is 121 Å². The first-order valence-corrected chi connectivity index (χ1v) is 7.80. The molecule has 110 valence electrons. The molecule has 3 rings (SSSR count). The highest BCUT2D eigenvalue weighted by Gasteiger charge is 2.40. The topological polar surface area (TPSA) is 47.0 Å². The fourth-order valence-electron chi connectivity index (χ4n) is 3.62. The van der Waals surface area contributed by atoms with Gasteiger partial charge in [-0.15, -0.1) is 0 Å². The number of anilines is 1. The second-order valence-electron chi connectivity index (χ2n) is 6.40. The quantitative estimate of drug-likeness (QED) is 0.899. The van der Waals surface area contributed by atoms with Gasteiger partial charge in [0.05, 0.1) is 5.60 Å². The Balaban J connectivity index is 1.74. The summed E-state index contributed by atoms with van der Waals surface area (Å²) in [7, 11) is 0. The van der Waals surface area contributed by atoms with Crippen molar-refractivity contribution in [3.8, 4) is 0 Å². The van der Waals surface area contributed by atoms with E-state index < -0.39 is 0 Å². The molecule has 0 bridgehead atoms. The zero-order valence-corrected chi connectivity index (χ0v) is 12.8. The number of nitrogens with zero attached hydrogens (tertiary/aromatic N) is 2. The second kappa shape index (κ2) is 5.32. The third-order valence-electron chi connectivity index (χ3n) is 4.85. The molecular weight excluding hydrogens is 250 g/mol. The molecule has 0 radical (unpaired) electrons. The molecule has 1 atom stereocenters. The van der Waals surface area contributed by atoms with Gasteiger partial charge in [0, 0.05) is 23.9 Å². The lowest BCUT2D eigenvalue weighted by Gasteiger charge is -2.39. The van der Waals surface area contributed by atoms with Crippen molar-refractivity contribution >= 4 is 5.82 Å². The number of hydrogen-bond donors (Lipinski definition) is 1. The van der Waals surface area contributed by atoms with Crippen molar-refractivity contribution in [2.45, 2.75) is 70.9 Å². The van der Waals surface area contributed by atoms with Gasteiger partial charge in [0.1, 0.15) is 11.6 Å². The van der Waals surface area contributed by atoms with Gasteiger partial charge in [-0.2, -0.15) is 0 Å². The zero-order valence-electron chi connectivity index (χ0n) is 12.8. The second-order valence-corrected chi connectivity index (χ2v) is 6.40. The van der Waals surface area contributed by atoms with Gasteiger partial charge < -0.3 is 10.1 Å². The Morgan fingerprint density at radius 1 is 1.15 bits per heavy atom. The molecule has 2 heterocycles. The number of aromatic nitrogens is 2. The van der Waals surface area contributed by atoms with Crippen LogP contribution in [0.25, 0.3) is 0 Å². The van der Waals surface area contributed by atoms with Crippen LogP contribution in [0.1, 0.15) is 55.6 Å². The molecule has 1 unspecified atom stereocenters. The van der Waals surface area contributed by atoms with Crippen molar-refractivity contribution in [3.63, 3.8) is 0 Å². The van der Waals surface area contributed by atoms with E-state index in [2.05, 4.69) is 29.1 Å². The van der Waals surface area contributed by atoms with Crippen LogP contribution in [-0.2, 0) is 4.74 Å². The molecular formula is C16H25N3O. The molecule has 1 saturated carbocycles. The molecule has 1 aliphatic heterocycles. The van der Waals surface area contributed by atoms with Crippen molar-refractivity contribution in [1.29, 1.82) is 0 Å². The maximum Gasteiger partial charge on any atom is 0.133 e. The minimum atomic E-state index is 0.154. The van der Waals surface area contributed by atoms with Crippen LogP contribution in [0.2, 0.25) is 0 Å². The highest BCUT2D eigenvalue weighted by atomic mass is 16.5. The SMILES string of the molecule is Cc1nc(C)c(C)c(NC2CCOC3(CCCC3)C2)n1. The molecule has 4 nitrogen and oxygen atoms in total. The summed E-state index contributed by atoms with van der Waals surface area (Å²) in [6, 6.07) is 0.481. The number of nitrogens with one attached hydrogen (secondary N) is 1. The van der Waals surface area contributed by atoms with Crippen LogP contribution in [-0.4, -0.2) is 28.2 Å². The van der Waals surface area contributed by atoms with E-state index in [-0.39, 0.29) is 5.60 Å². The lowest BCUT2D eigenvalue weighted by molar-refractivity contribution is -0.0767. The first-order chi connectivity index (χ1) is 9.58. The zero-order chi connectivity index (χ0) is 14.2. The minimum absolute atomic E-state index is 0.154. The monoisotopic (exact) mass is 275 g/mol. The fourth-order valence-corrected chi connectivity index (χ4v) is 3.62. The number of rotatable bonds is 2. The van der Waals surface area contributed by atoms with Gasteiger partial charge in [0.2, 0.25) is 0 Å². The van der Waals surface area contributed by atoms with Crippen LogP contribution in [0, 0.1) is 20.8 Å². The Kier molecular flexibility index (Phi) is 3.67. The number of ether oxygens (including phenoxy) is 1. The Hall–Kier alpha value is -1.16. The average molecular weight is 275 g/mol. The third kappa shape index (κ3) is 2.66. The lowest BCUT2D eigenvalue weighted by Crippen LogP contribution is -2.42. The van der Waals surface area contributed by atoms with E-state index in [0.717, 1.165) is 36.8 Å². The highest BCUT2D eigenvalue weighted by Crippen LogP contribution is 2.40. The van der Waals surface area contributed by atoms with Gasteiger partial charge in [0.25, 0.3) is 0 Å². The van der Waals surface area contributed by atoms with Gasteiger partial charge in [-0.3, -0.25) is 0 Å². The maximum absolute atomic E-state index is 6.10. The third-order valence-corrected chi connectivity index (χ3v) is 4.85. The first kappa shape index (κ1) is 13.8. The van der Waals surface area contributed by atoms with E-state index in [1.165, 1.54) is 31.2 Å². The Bertz CT molecular complexity index is 495. The average Bonchev–Trinajstić information content (AvgIpc) is 2.83. The fraction of sp³-hybridized carbons (Fsp3) is 0.750. The Morgan fingerprint density at radius 3 is 2.65 bits per heavy atom. The molecule has 1 spiro atoms. The summed E-state index contributed by atoms with van der Waals surface area (Å²) in [6.45, 7) is 6.99. The molecule has 0 aromatic carbocycles. The summed E-state index contributed by atoms with van der Waals surface area (Å²) in [6.07, 6.45) is 7.28. The lowest BCUT2D eigenvalue weighted by atomic mass is 9.89. The molecule has 1 aliphatic carbocycles. The van der Waals surface area contributed by atoms with Gasteiger partial charge >= 0.3 is 0 Å². The summed E-state index contributed by atoms with van der Waals surface area (Å²) in [5.74, 6) is 1.85. The predicted molar refractivity (Wildman–Crippen MR) is 80.0 cm³/mol. The molecule has 2 fully saturated rings. The van der Waals surface area contributed by atoms with Crippen LogP contribution in [0.15, 0.2) is 0 Å². The van der Waals surface area contributed by atoms with E-state index in [9.17, 15) is 0 Å². The molecule has 1 aromatic rings. The summed E-state index contributed by atoms with van der Waals surface area (Å²) in [5, 5.41) is 3.65. The predicted octanol–water partition coefficient (Wildman–Crippen LogP) is 3.31. The van der Waals surface area contributed by atoms with Crippen LogP contribution in [0.4, 0.5) is 5.82 Å². The minimum Gasteiger partial charge on any atom is -0.375 e. The maximum atomic E-state index is 6.10. The van der Waals surface area contributed by atoms with Crippen molar-refractivity contribution in [2.24, 2.45) is 0 Å². The summed E-state index contributed by atoms with van der Waals surface area (Å²) >= 11 is 0. The normalized spacial score (nSPS) is 25.1. The van der Waals surface area contributed by atoms with Crippen LogP contribution in [0.5, 0.6) is 0 Å². The van der Waals surface area contributed by atoms with E-state index in [1.54, 1.807) is 0 Å². The van der Waals surface area contributed by atoms with Gasteiger partial charge in [0.15, 0.2) is 0 Å². The molecule has 1 N–H and O–H groups in total. The molecule has 20 heavy (non-hydrogen) atoms. The first-order valence-electron chi connectivity index (χ1n) is 7.80. The van der Waals surface area contributed by atoms with Crippen LogP contribution >= 0.6 is 0 Å². The van der Waals surface area contributed by atoms with Crippen molar-refractivity contribution < 1.29 is 4.74 Å². The van der Waals surface area contributed by atoms with E-state index in [4.69, 9.17) is 4.74 Å². The highest BCUT2D eigenvalue weighted by molar-refractivity contribution is 5.46. The summed E-state index contributed by atoms with van der Waals surface area (Å²) in [5.41, 5.74) is 2.39. The van der Waals surface area contributed by atoms with Crippen molar-refractivity contribution in [3.05, 3.63) is 17.1 Å². The van der Waals surface area contributed by atoms with Crippen LogP contribution < -0.4 is 5.32 Å². The van der Waals surface area contributed by atoms with Crippen LogP contribution in [0.3, 0.4) is 0 Å². The van der Waals surface area contributed by atoms with Crippen molar-refractivity contribution in [1.82, 2.24) is 9.97 Å². The van der Waals surface area contributed by atoms with E-state index in [1.807, 2.05) is 6.92 Å². The summed E-state index contributed by atoms with van der Waals surface area (Å²) < 4.78 is 6.10. The standard InChI is InChI=1S/C16H25N3O/c1-11-12(2)17-13(3)18-15(11)19-14-6-9-20-16(10-14)7-4-5-8-16/h14H,4-10H2,1-3H3,(H,17,18,19). The molecule has 0 amide bonds. The van der Waals surface area contributed by atoms with Gasteiger partial charge in [-0.25, -0.2) is 9.97 Å². The van der Waals surface area contributed by atoms with E-state index >= 15 is 0 Å². The summed E-state index contributed by atoms with van der Waals surface area (Å²) in [4.78, 5) is 9.00. The molecule has 2 aliphatic rings. The Morgan fingerprint density at radius 2 is 1.90 bits per heavy atom. The smallest absolute Gasteiger partial charge is 0.133 e. The van der Waals surface area contributed by atoms with E-state index in [0.29, 0.717) is 6.04 Å². The van der Waals surface area contributed by atoms with Gasteiger partial charge in [-0.05, 0) is 46.5 Å².